The van der Waals surface area contributed by atoms with Crippen LogP contribution >= 0.6 is 0 Å². The zero-order valence-electron chi connectivity index (χ0n) is 9.60. The molecular weight excluding hydrogens is 176 g/mol. The molecule has 0 aliphatic heterocycles. The second-order valence-electron chi connectivity index (χ2n) is 3.57. The first-order chi connectivity index (χ1) is 6.74. The summed E-state index contributed by atoms with van der Waals surface area (Å²) in [7, 11) is 1.67. The second-order valence-corrected chi connectivity index (χ2v) is 3.57. The smallest absolute Gasteiger partial charge is 0.106 e. The third-order valence-electron chi connectivity index (χ3n) is 2.54. The highest BCUT2D eigenvalue weighted by Gasteiger charge is 2.25. The van der Waals surface area contributed by atoms with E-state index in [0.717, 1.165) is 32.2 Å². The van der Waals surface area contributed by atoms with E-state index in [4.69, 9.17) is 10.00 Å². The molecule has 1 atom stereocenters. The summed E-state index contributed by atoms with van der Waals surface area (Å²) in [5.74, 6) is 0. The molecule has 3 nitrogen and oxygen atoms in total. The Labute approximate surface area is 87.4 Å². The summed E-state index contributed by atoms with van der Waals surface area (Å²) in [6.45, 7) is 5.61. The maximum absolute atomic E-state index is 9.15. The molecule has 0 amide bonds. The van der Waals surface area contributed by atoms with Crippen LogP contribution in [0.25, 0.3) is 0 Å². The first-order valence-electron chi connectivity index (χ1n) is 5.40. The second kappa shape index (κ2) is 7.78. The van der Waals surface area contributed by atoms with E-state index in [1.807, 2.05) is 0 Å². The van der Waals surface area contributed by atoms with E-state index in [-0.39, 0.29) is 5.54 Å². The summed E-state index contributed by atoms with van der Waals surface area (Å²) in [6, 6.07) is 2.39. The predicted molar refractivity (Wildman–Crippen MR) is 58.0 cm³/mol. The minimum atomic E-state index is -0.339. The Bertz CT molecular complexity index is 177. The first-order valence-corrected chi connectivity index (χ1v) is 5.40. The van der Waals surface area contributed by atoms with E-state index in [2.05, 4.69) is 25.2 Å². The fraction of sp³-hybridized carbons (Fsp3) is 0.909. The number of ether oxygens (including phenoxy) is 1. The van der Waals surface area contributed by atoms with E-state index in [1.165, 1.54) is 0 Å². The molecule has 0 aliphatic carbocycles. The molecule has 0 radical (unpaired) electrons. The lowest BCUT2D eigenvalue weighted by atomic mass is 9.91. The highest BCUT2D eigenvalue weighted by Crippen LogP contribution is 2.17. The highest BCUT2D eigenvalue weighted by atomic mass is 16.5. The normalized spacial score (nSPS) is 14.7. The topological polar surface area (TPSA) is 45.0 Å². The average molecular weight is 198 g/mol. The Morgan fingerprint density at radius 1 is 1.43 bits per heavy atom. The van der Waals surface area contributed by atoms with Crippen LogP contribution in [0.1, 0.15) is 39.5 Å². The number of methoxy groups -OCH3 is 1. The molecule has 82 valence electrons. The molecule has 3 heteroatoms. The summed E-state index contributed by atoms with van der Waals surface area (Å²) >= 11 is 0. The zero-order chi connectivity index (χ0) is 10.9. The third-order valence-corrected chi connectivity index (χ3v) is 2.54. The SMILES string of the molecule is CCCCC(C#N)(CC)NCCOC. The summed E-state index contributed by atoms with van der Waals surface area (Å²) in [6.07, 6.45) is 4.02. The summed E-state index contributed by atoms with van der Waals surface area (Å²) < 4.78 is 4.96. The molecule has 0 saturated heterocycles. The van der Waals surface area contributed by atoms with Crippen molar-refractivity contribution in [1.29, 1.82) is 5.26 Å². The minimum Gasteiger partial charge on any atom is -0.383 e. The van der Waals surface area contributed by atoms with Gasteiger partial charge in [-0.1, -0.05) is 26.7 Å². The molecule has 0 fully saturated rings. The Morgan fingerprint density at radius 3 is 2.57 bits per heavy atom. The molecule has 14 heavy (non-hydrogen) atoms. The fourth-order valence-electron chi connectivity index (χ4n) is 1.44. The maximum atomic E-state index is 9.15. The van der Waals surface area contributed by atoms with Gasteiger partial charge in [0.05, 0.1) is 12.7 Å². The fourth-order valence-corrected chi connectivity index (χ4v) is 1.44. The zero-order valence-corrected chi connectivity index (χ0v) is 9.60. The molecular formula is C11H22N2O. The average Bonchev–Trinajstić information content (AvgIpc) is 2.24. The van der Waals surface area contributed by atoms with Gasteiger partial charge in [-0.15, -0.1) is 0 Å². The van der Waals surface area contributed by atoms with Crippen LogP contribution in [0.3, 0.4) is 0 Å². The van der Waals surface area contributed by atoms with Crippen molar-refractivity contribution >= 4 is 0 Å². The molecule has 1 N–H and O–H groups in total. The van der Waals surface area contributed by atoms with Crippen LogP contribution in [-0.4, -0.2) is 25.8 Å². The number of unbranched alkanes of at least 4 members (excludes halogenated alkanes) is 1. The summed E-state index contributed by atoms with van der Waals surface area (Å²) in [4.78, 5) is 0. The van der Waals surface area contributed by atoms with Crippen molar-refractivity contribution in [3.63, 3.8) is 0 Å². The number of hydrogen-bond donors (Lipinski definition) is 1. The van der Waals surface area contributed by atoms with Crippen LogP contribution in [0.2, 0.25) is 0 Å². The molecule has 0 aromatic heterocycles. The van der Waals surface area contributed by atoms with Crippen molar-refractivity contribution in [2.75, 3.05) is 20.3 Å². The lowest BCUT2D eigenvalue weighted by Gasteiger charge is -2.26. The van der Waals surface area contributed by atoms with Crippen LogP contribution in [0, 0.1) is 11.3 Å². The van der Waals surface area contributed by atoms with Gasteiger partial charge in [0.2, 0.25) is 0 Å². The minimum absolute atomic E-state index is 0.339. The van der Waals surface area contributed by atoms with Gasteiger partial charge in [0.1, 0.15) is 5.54 Å². The van der Waals surface area contributed by atoms with E-state index >= 15 is 0 Å². The van der Waals surface area contributed by atoms with Gasteiger partial charge in [0.25, 0.3) is 0 Å². The predicted octanol–water partition coefficient (Wildman–Crippen LogP) is 2.08. The number of rotatable bonds is 8. The summed E-state index contributed by atoms with van der Waals surface area (Å²) in [5, 5.41) is 12.4. The van der Waals surface area contributed by atoms with Gasteiger partial charge in [-0.25, -0.2) is 0 Å². The van der Waals surface area contributed by atoms with Crippen molar-refractivity contribution in [1.82, 2.24) is 5.32 Å². The number of nitrogens with one attached hydrogen (secondary N) is 1. The van der Waals surface area contributed by atoms with Gasteiger partial charge in [0.15, 0.2) is 0 Å². The summed E-state index contributed by atoms with van der Waals surface area (Å²) in [5.41, 5.74) is -0.339. The van der Waals surface area contributed by atoms with Crippen molar-refractivity contribution < 1.29 is 4.74 Å². The molecule has 0 spiro atoms. The lowest BCUT2D eigenvalue weighted by molar-refractivity contribution is 0.188. The number of hydrogen-bond acceptors (Lipinski definition) is 3. The number of nitrogens with zero attached hydrogens (tertiary/aromatic N) is 1. The van der Waals surface area contributed by atoms with Crippen LogP contribution < -0.4 is 5.32 Å². The van der Waals surface area contributed by atoms with Crippen molar-refractivity contribution in [2.24, 2.45) is 0 Å². The first kappa shape index (κ1) is 13.4. The van der Waals surface area contributed by atoms with Crippen LogP contribution in [-0.2, 0) is 4.74 Å². The van der Waals surface area contributed by atoms with Crippen molar-refractivity contribution in [2.45, 2.75) is 45.1 Å². The van der Waals surface area contributed by atoms with E-state index in [1.54, 1.807) is 7.11 Å². The van der Waals surface area contributed by atoms with E-state index in [0.29, 0.717) is 6.61 Å². The van der Waals surface area contributed by atoms with Crippen molar-refractivity contribution in [3.8, 4) is 6.07 Å². The Kier molecular flexibility index (Phi) is 7.45. The van der Waals surface area contributed by atoms with Crippen LogP contribution in [0.5, 0.6) is 0 Å². The molecule has 0 aliphatic rings. The standard InChI is InChI=1S/C11H22N2O/c1-4-6-7-11(5-2,10-12)13-8-9-14-3/h13H,4-9H2,1-3H3. The molecule has 1 unspecified atom stereocenters. The third kappa shape index (κ3) is 4.59. The lowest BCUT2D eigenvalue weighted by Crippen LogP contribution is -2.44. The van der Waals surface area contributed by atoms with E-state index < -0.39 is 0 Å². The van der Waals surface area contributed by atoms with Gasteiger partial charge in [0, 0.05) is 13.7 Å². The van der Waals surface area contributed by atoms with Gasteiger partial charge < -0.3 is 4.74 Å². The van der Waals surface area contributed by atoms with Gasteiger partial charge >= 0.3 is 0 Å². The van der Waals surface area contributed by atoms with Gasteiger partial charge in [-0.05, 0) is 12.8 Å². The largest absolute Gasteiger partial charge is 0.383 e. The molecule has 0 aromatic carbocycles. The monoisotopic (exact) mass is 198 g/mol. The molecule has 0 heterocycles. The Hall–Kier alpha value is -0.590. The van der Waals surface area contributed by atoms with Gasteiger partial charge in [-0.3, -0.25) is 5.32 Å². The molecule has 0 rings (SSSR count). The Balaban J connectivity index is 4.03. The molecule has 0 aromatic rings. The van der Waals surface area contributed by atoms with E-state index in [9.17, 15) is 0 Å². The maximum Gasteiger partial charge on any atom is 0.106 e. The highest BCUT2D eigenvalue weighted by molar-refractivity contribution is 5.05. The molecule has 0 bridgehead atoms. The van der Waals surface area contributed by atoms with Crippen LogP contribution in [0.15, 0.2) is 0 Å². The van der Waals surface area contributed by atoms with Gasteiger partial charge in [-0.2, -0.15) is 5.26 Å². The van der Waals surface area contributed by atoms with Crippen molar-refractivity contribution in [3.05, 3.63) is 0 Å². The number of nitriles is 1. The Morgan fingerprint density at radius 2 is 2.14 bits per heavy atom. The van der Waals surface area contributed by atoms with Crippen LogP contribution in [0.4, 0.5) is 0 Å². The quantitative estimate of drug-likeness (QED) is 0.607. The molecule has 0 saturated carbocycles.